The van der Waals surface area contributed by atoms with E-state index in [2.05, 4.69) is 10.3 Å². The van der Waals surface area contributed by atoms with E-state index in [1.807, 2.05) is 6.92 Å². The Morgan fingerprint density at radius 2 is 2.16 bits per heavy atom. The summed E-state index contributed by atoms with van der Waals surface area (Å²) in [5, 5.41) is 4.46. The van der Waals surface area contributed by atoms with E-state index >= 15 is 0 Å². The van der Waals surface area contributed by atoms with Crippen LogP contribution in [0.1, 0.15) is 40.6 Å². The third kappa shape index (κ3) is 5.35. The molecule has 0 aliphatic carbocycles. The first-order valence-electron chi connectivity index (χ1n) is 6.17. The lowest BCUT2D eigenvalue weighted by molar-refractivity contribution is 0.0526. The summed E-state index contributed by atoms with van der Waals surface area (Å²) in [6, 6.07) is 0. The van der Waals surface area contributed by atoms with Gasteiger partial charge in [0.15, 0.2) is 0 Å². The zero-order chi connectivity index (χ0) is 14.1. The summed E-state index contributed by atoms with van der Waals surface area (Å²) in [5.74, 6) is -0.786. The predicted octanol–water partition coefficient (Wildman–Crippen LogP) is 1.48. The number of carbonyl (C=O) groups is 2. The van der Waals surface area contributed by atoms with Crippen LogP contribution in [0.25, 0.3) is 0 Å². The summed E-state index contributed by atoms with van der Waals surface area (Å²) < 4.78 is 9.96. The molecule has 1 aromatic heterocycles. The summed E-state index contributed by atoms with van der Waals surface area (Å²) >= 11 is 1.10. The number of rotatable bonds is 8. The van der Waals surface area contributed by atoms with Crippen molar-refractivity contribution < 1.29 is 19.1 Å². The van der Waals surface area contributed by atoms with Crippen molar-refractivity contribution in [1.82, 2.24) is 10.3 Å². The van der Waals surface area contributed by atoms with E-state index in [1.54, 1.807) is 12.3 Å². The van der Waals surface area contributed by atoms with Crippen molar-refractivity contribution in [3.63, 3.8) is 0 Å². The van der Waals surface area contributed by atoms with Crippen LogP contribution in [0.3, 0.4) is 0 Å². The highest BCUT2D eigenvalue weighted by molar-refractivity contribution is 7.11. The van der Waals surface area contributed by atoms with Crippen molar-refractivity contribution in [3.8, 4) is 0 Å². The van der Waals surface area contributed by atoms with Gasteiger partial charge in [-0.2, -0.15) is 0 Å². The first-order chi connectivity index (χ1) is 9.19. The number of amides is 1. The van der Waals surface area contributed by atoms with Crippen molar-refractivity contribution in [3.05, 3.63) is 16.1 Å². The summed E-state index contributed by atoms with van der Waals surface area (Å²) in [7, 11) is 0. The van der Waals surface area contributed by atoms with Crippen LogP contribution >= 0.6 is 11.3 Å². The summed E-state index contributed by atoms with van der Waals surface area (Å²) in [6.07, 6.45) is 0.744. The van der Waals surface area contributed by atoms with Gasteiger partial charge >= 0.3 is 5.97 Å². The molecule has 0 aliphatic heterocycles. The molecular formula is C12H18N2O4S. The molecule has 1 rings (SSSR count). The molecule has 0 atom stereocenters. The molecule has 0 bridgehead atoms. The minimum atomic E-state index is -0.497. The fourth-order valence-corrected chi connectivity index (χ4v) is 1.96. The number of nitrogens with one attached hydrogen (secondary N) is 1. The molecule has 106 valence electrons. The Hall–Kier alpha value is -1.47. The second kappa shape index (κ2) is 8.60. The van der Waals surface area contributed by atoms with Crippen LogP contribution < -0.4 is 5.32 Å². The SMILES string of the molecule is CCOCCCNC(=O)c1csc(C(=O)OCC)n1. The van der Waals surface area contributed by atoms with Crippen LogP contribution in [0.5, 0.6) is 0 Å². The Morgan fingerprint density at radius 3 is 2.84 bits per heavy atom. The standard InChI is InChI=1S/C12H18N2O4S/c1-3-17-7-5-6-13-10(15)9-8-19-11(14-9)12(16)18-4-2/h8H,3-7H2,1-2H3,(H,13,15). The monoisotopic (exact) mass is 286 g/mol. The fraction of sp³-hybridized carbons (Fsp3) is 0.583. The predicted molar refractivity (Wildman–Crippen MR) is 71.5 cm³/mol. The first-order valence-corrected chi connectivity index (χ1v) is 7.05. The average Bonchev–Trinajstić information content (AvgIpc) is 2.88. The number of hydrogen-bond acceptors (Lipinski definition) is 6. The topological polar surface area (TPSA) is 77.5 Å². The van der Waals surface area contributed by atoms with Gasteiger partial charge in [0.25, 0.3) is 5.91 Å². The van der Waals surface area contributed by atoms with E-state index in [4.69, 9.17) is 9.47 Å². The van der Waals surface area contributed by atoms with E-state index in [0.29, 0.717) is 19.8 Å². The third-order valence-electron chi connectivity index (χ3n) is 2.14. The highest BCUT2D eigenvalue weighted by Gasteiger charge is 2.15. The molecular weight excluding hydrogens is 268 g/mol. The number of carbonyl (C=O) groups excluding carboxylic acids is 2. The van der Waals surface area contributed by atoms with Gasteiger partial charge in [-0.3, -0.25) is 4.79 Å². The van der Waals surface area contributed by atoms with Crippen LogP contribution in [0.4, 0.5) is 0 Å². The highest BCUT2D eigenvalue weighted by Crippen LogP contribution is 2.11. The lowest BCUT2D eigenvalue weighted by atomic mass is 10.4. The molecule has 0 saturated carbocycles. The number of hydrogen-bond donors (Lipinski definition) is 1. The van der Waals surface area contributed by atoms with Crippen LogP contribution in [-0.4, -0.2) is 43.2 Å². The number of ether oxygens (including phenoxy) is 2. The average molecular weight is 286 g/mol. The van der Waals surface area contributed by atoms with Crippen LogP contribution in [0, 0.1) is 0 Å². The van der Waals surface area contributed by atoms with Gasteiger partial charge in [0.2, 0.25) is 5.01 Å². The largest absolute Gasteiger partial charge is 0.461 e. The Labute approximate surface area is 116 Å². The van der Waals surface area contributed by atoms with Crippen molar-refractivity contribution >= 4 is 23.2 Å². The van der Waals surface area contributed by atoms with E-state index in [-0.39, 0.29) is 23.2 Å². The Balaban J connectivity index is 2.38. The lowest BCUT2D eigenvalue weighted by Crippen LogP contribution is -2.25. The first kappa shape index (κ1) is 15.6. The second-order valence-electron chi connectivity index (χ2n) is 3.56. The molecule has 0 fully saturated rings. The van der Waals surface area contributed by atoms with Crippen molar-refractivity contribution in [2.45, 2.75) is 20.3 Å². The number of nitrogens with zero attached hydrogens (tertiary/aromatic N) is 1. The molecule has 0 aliphatic rings. The van der Waals surface area contributed by atoms with Gasteiger partial charge < -0.3 is 14.8 Å². The molecule has 1 aromatic rings. The molecule has 0 spiro atoms. The smallest absolute Gasteiger partial charge is 0.367 e. The zero-order valence-corrected chi connectivity index (χ0v) is 11.9. The van der Waals surface area contributed by atoms with Gasteiger partial charge in [-0.05, 0) is 20.3 Å². The summed E-state index contributed by atoms with van der Waals surface area (Å²) in [6.45, 7) is 5.73. The molecule has 1 N–H and O–H groups in total. The normalized spacial score (nSPS) is 10.2. The quantitative estimate of drug-likeness (QED) is 0.578. The molecule has 6 nitrogen and oxygen atoms in total. The van der Waals surface area contributed by atoms with Crippen molar-refractivity contribution in [1.29, 1.82) is 0 Å². The van der Waals surface area contributed by atoms with Gasteiger partial charge in [0.05, 0.1) is 6.61 Å². The maximum absolute atomic E-state index is 11.7. The molecule has 7 heteroatoms. The summed E-state index contributed by atoms with van der Waals surface area (Å²) in [5.41, 5.74) is 0.240. The molecule has 19 heavy (non-hydrogen) atoms. The van der Waals surface area contributed by atoms with Crippen molar-refractivity contribution in [2.75, 3.05) is 26.4 Å². The lowest BCUT2D eigenvalue weighted by Gasteiger charge is -2.03. The molecule has 0 aromatic carbocycles. The molecule has 0 saturated heterocycles. The minimum absolute atomic E-state index is 0.196. The minimum Gasteiger partial charge on any atom is -0.461 e. The number of esters is 1. The Kier molecular flexibility index (Phi) is 7.06. The number of aromatic nitrogens is 1. The van der Waals surface area contributed by atoms with Crippen LogP contribution in [-0.2, 0) is 9.47 Å². The van der Waals surface area contributed by atoms with E-state index < -0.39 is 5.97 Å². The van der Waals surface area contributed by atoms with Gasteiger partial charge in [-0.1, -0.05) is 0 Å². The van der Waals surface area contributed by atoms with Gasteiger partial charge in [0, 0.05) is 25.1 Å². The van der Waals surface area contributed by atoms with Crippen LogP contribution in [0.2, 0.25) is 0 Å². The van der Waals surface area contributed by atoms with E-state index in [1.165, 1.54) is 0 Å². The van der Waals surface area contributed by atoms with Crippen LogP contribution in [0.15, 0.2) is 5.38 Å². The van der Waals surface area contributed by atoms with Gasteiger partial charge in [-0.25, -0.2) is 9.78 Å². The summed E-state index contributed by atoms with van der Waals surface area (Å²) in [4.78, 5) is 27.0. The molecule has 1 heterocycles. The maximum atomic E-state index is 11.7. The number of thiazole rings is 1. The highest BCUT2D eigenvalue weighted by atomic mass is 32.1. The van der Waals surface area contributed by atoms with Gasteiger partial charge in [-0.15, -0.1) is 11.3 Å². The fourth-order valence-electron chi connectivity index (χ4n) is 1.28. The Morgan fingerprint density at radius 1 is 1.37 bits per heavy atom. The molecule has 1 amide bonds. The van der Waals surface area contributed by atoms with E-state index in [0.717, 1.165) is 17.8 Å². The van der Waals surface area contributed by atoms with E-state index in [9.17, 15) is 9.59 Å². The molecule has 0 unspecified atom stereocenters. The third-order valence-corrected chi connectivity index (χ3v) is 2.96. The van der Waals surface area contributed by atoms with Crippen molar-refractivity contribution in [2.24, 2.45) is 0 Å². The molecule has 0 radical (unpaired) electrons. The Bertz CT molecular complexity index is 420. The second-order valence-corrected chi connectivity index (χ2v) is 4.42. The maximum Gasteiger partial charge on any atom is 0.367 e. The zero-order valence-electron chi connectivity index (χ0n) is 11.1. The van der Waals surface area contributed by atoms with Gasteiger partial charge in [0.1, 0.15) is 5.69 Å².